The number of rotatable bonds is 4. The first-order valence-electron chi connectivity index (χ1n) is 7.34. The molecule has 0 saturated heterocycles. The lowest BCUT2D eigenvalue weighted by atomic mass is 10.1. The van der Waals surface area contributed by atoms with Gasteiger partial charge >= 0.3 is 0 Å². The molecule has 1 N–H and O–H groups in total. The zero-order valence-corrected chi connectivity index (χ0v) is 15.7. The second-order valence-electron chi connectivity index (χ2n) is 5.31. The predicted molar refractivity (Wildman–Crippen MR) is 103 cm³/mol. The van der Waals surface area contributed by atoms with E-state index >= 15 is 0 Å². The van der Waals surface area contributed by atoms with E-state index in [-0.39, 0.29) is 16.3 Å². The van der Waals surface area contributed by atoms with Crippen LogP contribution in [-0.2, 0) is 0 Å². The number of nitrogens with one attached hydrogen (secondary N) is 1. The summed E-state index contributed by atoms with van der Waals surface area (Å²) >= 11 is 13.2. The fourth-order valence-electron chi connectivity index (χ4n) is 2.29. The van der Waals surface area contributed by atoms with Crippen LogP contribution in [0.15, 0.2) is 42.5 Å². The van der Waals surface area contributed by atoms with Gasteiger partial charge in [0.15, 0.2) is 5.13 Å². The van der Waals surface area contributed by atoms with Crippen LogP contribution in [0.25, 0.3) is 11.3 Å². The quantitative estimate of drug-likeness (QED) is 0.451. The number of thiazole rings is 1. The predicted octanol–water partition coefficient (Wildman–Crippen LogP) is 5.59. The lowest BCUT2D eigenvalue weighted by Crippen LogP contribution is -2.12. The lowest BCUT2D eigenvalue weighted by Gasteiger charge is -2.04. The second-order valence-corrected chi connectivity index (χ2v) is 7.35. The standard InChI is InChI=1S/C17H11Cl2N3O3S/c1-9-15(10-2-4-11(18)5-3-10)20-17(26-9)21-16(23)13-8-12(22(24)25)6-7-14(13)19/h2-8H,1H3,(H,20,21,23). The number of carbonyl (C=O) groups is 1. The van der Waals surface area contributed by atoms with Crippen LogP contribution in [0.2, 0.25) is 10.0 Å². The van der Waals surface area contributed by atoms with E-state index in [1.54, 1.807) is 12.1 Å². The van der Waals surface area contributed by atoms with Crippen molar-refractivity contribution in [3.8, 4) is 11.3 Å². The molecule has 0 bridgehead atoms. The van der Waals surface area contributed by atoms with Crippen LogP contribution >= 0.6 is 34.5 Å². The fraction of sp³-hybridized carbons (Fsp3) is 0.0588. The number of hydrogen-bond acceptors (Lipinski definition) is 5. The van der Waals surface area contributed by atoms with E-state index in [1.165, 1.54) is 23.5 Å². The smallest absolute Gasteiger partial charge is 0.270 e. The van der Waals surface area contributed by atoms with Gasteiger partial charge in [-0.15, -0.1) is 11.3 Å². The Morgan fingerprint density at radius 1 is 1.19 bits per heavy atom. The Balaban J connectivity index is 1.87. The summed E-state index contributed by atoms with van der Waals surface area (Å²) < 4.78 is 0. The summed E-state index contributed by atoms with van der Waals surface area (Å²) in [6, 6.07) is 10.9. The highest BCUT2D eigenvalue weighted by atomic mass is 35.5. The molecule has 2 aromatic carbocycles. The Labute approximate surface area is 162 Å². The van der Waals surface area contributed by atoms with Crippen LogP contribution in [0.3, 0.4) is 0 Å². The number of halogens is 2. The van der Waals surface area contributed by atoms with Crippen LogP contribution in [0.4, 0.5) is 10.8 Å². The summed E-state index contributed by atoms with van der Waals surface area (Å²) in [6.45, 7) is 1.89. The van der Waals surface area contributed by atoms with Crippen molar-refractivity contribution in [2.45, 2.75) is 6.92 Å². The van der Waals surface area contributed by atoms with Crippen molar-refractivity contribution in [1.29, 1.82) is 0 Å². The van der Waals surface area contributed by atoms with Gasteiger partial charge in [0.05, 0.1) is 21.2 Å². The first-order valence-corrected chi connectivity index (χ1v) is 8.91. The fourth-order valence-corrected chi connectivity index (χ4v) is 3.45. The molecule has 1 amide bonds. The summed E-state index contributed by atoms with van der Waals surface area (Å²) in [5.41, 5.74) is 1.41. The van der Waals surface area contributed by atoms with Crippen LogP contribution in [-0.4, -0.2) is 15.8 Å². The molecule has 26 heavy (non-hydrogen) atoms. The monoisotopic (exact) mass is 407 g/mol. The van der Waals surface area contributed by atoms with Crippen molar-refractivity contribution in [3.05, 3.63) is 73.1 Å². The Kier molecular flexibility index (Phi) is 5.22. The Hall–Kier alpha value is -2.48. The van der Waals surface area contributed by atoms with Crippen LogP contribution in [0, 0.1) is 17.0 Å². The Bertz CT molecular complexity index is 1000. The Morgan fingerprint density at radius 3 is 2.54 bits per heavy atom. The van der Waals surface area contributed by atoms with Crippen molar-refractivity contribution in [2.24, 2.45) is 0 Å². The van der Waals surface area contributed by atoms with Crippen molar-refractivity contribution in [1.82, 2.24) is 4.98 Å². The highest BCUT2D eigenvalue weighted by molar-refractivity contribution is 7.16. The third kappa shape index (κ3) is 3.85. The van der Waals surface area contributed by atoms with Crippen molar-refractivity contribution < 1.29 is 9.72 Å². The molecule has 0 unspecified atom stereocenters. The number of hydrogen-bond donors (Lipinski definition) is 1. The van der Waals surface area contributed by atoms with E-state index in [0.29, 0.717) is 10.2 Å². The molecule has 0 saturated carbocycles. The molecule has 1 aromatic heterocycles. The number of nitro groups is 1. The summed E-state index contributed by atoms with van der Waals surface area (Å²) in [4.78, 5) is 28.1. The SMILES string of the molecule is Cc1sc(NC(=O)c2cc([N+](=O)[O-])ccc2Cl)nc1-c1ccc(Cl)cc1. The molecule has 132 valence electrons. The van der Waals surface area contributed by atoms with Gasteiger partial charge in [-0.25, -0.2) is 4.98 Å². The van der Waals surface area contributed by atoms with E-state index in [4.69, 9.17) is 23.2 Å². The van der Waals surface area contributed by atoms with Gasteiger partial charge in [-0.2, -0.15) is 0 Å². The van der Waals surface area contributed by atoms with Gasteiger partial charge in [0, 0.05) is 27.6 Å². The molecule has 0 atom stereocenters. The minimum atomic E-state index is -0.584. The van der Waals surface area contributed by atoms with E-state index in [9.17, 15) is 14.9 Å². The third-order valence-electron chi connectivity index (χ3n) is 3.54. The van der Waals surface area contributed by atoms with E-state index < -0.39 is 10.8 Å². The first-order chi connectivity index (χ1) is 12.3. The lowest BCUT2D eigenvalue weighted by molar-refractivity contribution is -0.384. The molecule has 0 radical (unpaired) electrons. The molecule has 0 fully saturated rings. The molecule has 0 spiro atoms. The maximum absolute atomic E-state index is 12.4. The molecule has 3 rings (SSSR count). The van der Waals surface area contributed by atoms with Crippen molar-refractivity contribution >= 4 is 51.3 Å². The van der Waals surface area contributed by atoms with Gasteiger partial charge in [-0.3, -0.25) is 20.2 Å². The third-order valence-corrected chi connectivity index (χ3v) is 5.01. The maximum atomic E-state index is 12.4. The molecule has 0 aliphatic rings. The number of nitro benzene ring substituents is 1. The number of amides is 1. The zero-order valence-electron chi connectivity index (χ0n) is 13.3. The summed E-state index contributed by atoms with van der Waals surface area (Å²) in [5, 5.41) is 14.6. The minimum Gasteiger partial charge on any atom is -0.298 e. The number of non-ortho nitro benzene ring substituents is 1. The normalized spacial score (nSPS) is 10.6. The largest absolute Gasteiger partial charge is 0.298 e. The van der Waals surface area contributed by atoms with Gasteiger partial charge in [0.1, 0.15) is 0 Å². The average molecular weight is 408 g/mol. The van der Waals surface area contributed by atoms with Crippen LogP contribution in [0.5, 0.6) is 0 Å². The molecule has 3 aromatic rings. The average Bonchev–Trinajstić information content (AvgIpc) is 2.96. The molecular formula is C17H11Cl2N3O3S. The van der Waals surface area contributed by atoms with Gasteiger partial charge < -0.3 is 0 Å². The number of anilines is 1. The highest BCUT2D eigenvalue weighted by Gasteiger charge is 2.18. The Morgan fingerprint density at radius 2 is 1.88 bits per heavy atom. The summed E-state index contributed by atoms with van der Waals surface area (Å²) in [5.74, 6) is -0.560. The number of nitrogens with zero attached hydrogens (tertiary/aromatic N) is 2. The minimum absolute atomic E-state index is 0.0155. The van der Waals surface area contributed by atoms with E-state index in [2.05, 4.69) is 10.3 Å². The van der Waals surface area contributed by atoms with E-state index in [0.717, 1.165) is 22.2 Å². The number of aryl methyl sites for hydroxylation is 1. The number of benzene rings is 2. The zero-order chi connectivity index (χ0) is 18.8. The van der Waals surface area contributed by atoms with Gasteiger partial charge in [-0.1, -0.05) is 35.3 Å². The topological polar surface area (TPSA) is 85.1 Å². The van der Waals surface area contributed by atoms with Gasteiger partial charge in [-0.05, 0) is 25.1 Å². The van der Waals surface area contributed by atoms with Crippen LogP contribution < -0.4 is 5.32 Å². The molecular weight excluding hydrogens is 397 g/mol. The summed E-state index contributed by atoms with van der Waals surface area (Å²) in [6.07, 6.45) is 0. The van der Waals surface area contributed by atoms with Crippen molar-refractivity contribution in [2.75, 3.05) is 5.32 Å². The van der Waals surface area contributed by atoms with Gasteiger partial charge in [0.2, 0.25) is 0 Å². The number of aromatic nitrogens is 1. The molecule has 6 nitrogen and oxygen atoms in total. The van der Waals surface area contributed by atoms with E-state index in [1.807, 2.05) is 19.1 Å². The number of carbonyl (C=O) groups excluding carboxylic acids is 1. The summed E-state index contributed by atoms with van der Waals surface area (Å²) in [7, 11) is 0. The van der Waals surface area contributed by atoms with Gasteiger partial charge in [0.25, 0.3) is 11.6 Å². The molecule has 0 aliphatic carbocycles. The van der Waals surface area contributed by atoms with Crippen molar-refractivity contribution in [3.63, 3.8) is 0 Å². The second kappa shape index (κ2) is 7.41. The maximum Gasteiger partial charge on any atom is 0.270 e. The molecule has 0 aliphatic heterocycles. The highest BCUT2D eigenvalue weighted by Crippen LogP contribution is 2.32. The first kappa shape index (κ1) is 18.3. The van der Waals surface area contributed by atoms with Crippen LogP contribution in [0.1, 0.15) is 15.2 Å². The molecule has 1 heterocycles. The molecule has 9 heteroatoms.